The molecule has 3 amide bonds. The maximum Gasteiger partial charge on any atom is 0.415 e. The number of hydrogen-bond acceptors (Lipinski definition) is 4. The van der Waals surface area contributed by atoms with Gasteiger partial charge in [-0.2, -0.15) is 0 Å². The van der Waals surface area contributed by atoms with Crippen LogP contribution in [0.15, 0.2) is 0 Å². The van der Waals surface area contributed by atoms with E-state index in [2.05, 4.69) is 4.74 Å². The van der Waals surface area contributed by atoms with Gasteiger partial charge in [-0.15, -0.1) is 0 Å². The van der Waals surface area contributed by atoms with Gasteiger partial charge in [0.1, 0.15) is 0 Å². The lowest BCUT2D eigenvalue weighted by atomic mass is 10.6. The Labute approximate surface area is 101 Å². The molecule has 1 atom stereocenters. The predicted octanol–water partition coefficient (Wildman–Crippen LogP) is 1.13. The summed E-state index contributed by atoms with van der Waals surface area (Å²) in [4.78, 5) is 21.6. The van der Waals surface area contributed by atoms with E-state index in [0.29, 0.717) is 0 Å². The topological polar surface area (TPSA) is 87.7 Å². The monoisotopic (exact) mass is 278 g/mol. The van der Waals surface area contributed by atoms with Crippen molar-refractivity contribution >= 4 is 46.9 Å². The van der Waals surface area contributed by atoms with Gasteiger partial charge in [0.25, 0.3) is 0 Å². The number of ether oxygens (including phenoxy) is 1. The molecule has 0 aromatic carbocycles. The molecule has 0 rings (SSSR count). The highest BCUT2D eigenvalue weighted by Crippen LogP contribution is 2.28. The van der Waals surface area contributed by atoms with Crippen LogP contribution in [0.25, 0.3) is 0 Å². The van der Waals surface area contributed by atoms with Crippen molar-refractivity contribution in [3.63, 3.8) is 0 Å². The van der Waals surface area contributed by atoms with E-state index in [4.69, 9.17) is 39.9 Å². The van der Waals surface area contributed by atoms with Crippen molar-refractivity contribution in [1.29, 1.82) is 0 Å². The van der Waals surface area contributed by atoms with Gasteiger partial charge in [0.05, 0.1) is 6.61 Å². The van der Waals surface area contributed by atoms with E-state index >= 15 is 0 Å². The summed E-state index contributed by atoms with van der Waals surface area (Å²) in [6.07, 6.45) is -2.71. The van der Waals surface area contributed by atoms with Gasteiger partial charge in [0.15, 0.2) is 6.23 Å². The Hall–Kier alpha value is -0.430. The van der Waals surface area contributed by atoms with Crippen molar-refractivity contribution in [3.8, 4) is 0 Å². The molecule has 0 aliphatic heterocycles. The summed E-state index contributed by atoms with van der Waals surface area (Å²) in [5.74, 6) is 0. The van der Waals surface area contributed by atoms with Gasteiger partial charge in [0.2, 0.25) is 3.79 Å². The Bertz CT molecular complexity index is 243. The van der Waals surface area contributed by atoms with E-state index in [-0.39, 0.29) is 6.61 Å². The van der Waals surface area contributed by atoms with Crippen molar-refractivity contribution in [1.82, 2.24) is 10.6 Å². The summed E-state index contributed by atoms with van der Waals surface area (Å²) < 4.78 is 2.31. The van der Waals surface area contributed by atoms with E-state index in [1.807, 2.05) is 5.32 Å². The number of aliphatic hydroxyl groups excluding tert-OH is 1. The number of halogens is 3. The number of aliphatic hydroxyl groups is 1. The summed E-state index contributed by atoms with van der Waals surface area (Å²) in [5, 5.41) is 12.6. The fourth-order valence-corrected chi connectivity index (χ4v) is 0.666. The Kier molecular flexibility index (Phi) is 6.04. The Morgan fingerprint density at radius 1 is 1.47 bits per heavy atom. The van der Waals surface area contributed by atoms with Crippen LogP contribution in [0.2, 0.25) is 0 Å². The number of carbonyl (C=O) groups is 2. The average Bonchev–Trinajstić information content (AvgIpc) is 2.01. The minimum absolute atomic E-state index is 0.103. The molecule has 6 nitrogen and oxygen atoms in total. The zero-order chi connectivity index (χ0) is 12.1. The first-order valence-corrected chi connectivity index (χ1v) is 4.89. The normalized spacial score (nSPS) is 12.9. The van der Waals surface area contributed by atoms with Crippen molar-refractivity contribution in [3.05, 3.63) is 0 Å². The highest BCUT2D eigenvalue weighted by atomic mass is 35.6. The third-order valence-corrected chi connectivity index (χ3v) is 1.69. The lowest BCUT2D eigenvalue weighted by Crippen LogP contribution is -2.49. The van der Waals surface area contributed by atoms with Crippen LogP contribution >= 0.6 is 34.8 Å². The molecule has 0 aliphatic rings. The maximum atomic E-state index is 10.9. The van der Waals surface area contributed by atoms with Gasteiger partial charge in [-0.05, 0) is 6.92 Å². The first-order chi connectivity index (χ1) is 6.77. The fraction of sp³-hybridized carbons (Fsp3) is 0.667. The largest absolute Gasteiger partial charge is 0.450 e. The number of nitrogens with one attached hydrogen (secondary N) is 2. The molecule has 0 aromatic rings. The van der Waals surface area contributed by atoms with E-state index in [1.165, 1.54) is 0 Å². The third-order valence-electron chi connectivity index (χ3n) is 1.07. The number of urea groups is 1. The quantitative estimate of drug-likeness (QED) is 0.522. The van der Waals surface area contributed by atoms with Gasteiger partial charge < -0.3 is 15.2 Å². The van der Waals surface area contributed by atoms with E-state index in [9.17, 15) is 9.59 Å². The van der Waals surface area contributed by atoms with Crippen LogP contribution in [0.4, 0.5) is 9.59 Å². The molecule has 0 saturated carbocycles. The van der Waals surface area contributed by atoms with Crippen molar-refractivity contribution in [2.45, 2.75) is 16.9 Å². The van der Waals surface area contributed by atoms with Gasteiger partial charge >= 0.3 is 12.1 Å². The molecular formula is C6H9Cl3N2O4. The molecule has 0 bridgehead atoms. The molecule has 0 aliphatic carbocycles. The average molecular weight is 280 g/mol. The first kappa shape index (κ1) is 14.6. The third kappa shape index (κ3) is 6.62. The second kappa shape index (κ2) is 6.22. The molecule has 0 spiro atoms. The molecular weight excluding hydrogens is 270 g/mol. The smallest absolute Gasteiger partial charge is 0.415 e. The van der Waals surface area contributed by atoms with Crippen LogP contribution < -0.4 is 10.6 Å². The fourth-order valence-electron chi connectivity index (χ4n) is 0.502. The Balaban J connectivity index is 3.99. The standard InChI is InChI=1S/C6H9Cl3N2O4/c1-2-15-5(14)11-4(13)10-3(12)6(7,8)9/h3,12H,2H2,1H3,(H2,10,11,13,14). The number of carbonyl (C=O) groups excluding carboxylic acids is 2. The van der Waals surface area contributed by atoms with Crippen LogP contribution in [-0.4, -0.2) is 33.9 Å². The van der Waals surface area contributed by atoms with Crippen LogP contribution in [0.5, 0.6) is 0 Å². The number of alkyl carbamates (subject to hydrolysis) is 1. The molecule has 88 valence electrons. The van der Waals surface area contributed by atoms with E-state index < -0.39 is 22.1 Å². The summed E-state index contributed by atoms with van der Waals surface area (Å²) in [5.41, 5.74) is 0. The molecule has 0 fully saturated rings. The SMILES string of the molecule is CCOC(=O)NC(=O)NC(O)C(Cl)(Cl)Cl. The zero-order valence-corrected chi connectivity index (χ0v) is 9.86. The number of amides is 3. The van der Waals surface area contributed by atoms with Gasteiger partial charge in [-0.1, -0.05) is 34.8 Å². The number of alkyl halides is 3. The minimum Gasteiger partial charge on any atom is -0.450 e. The summed E-state index contributed by atoms with van der Waals surface area (Å²) in [6, 6.07) is -1.03. The molecule has 0 saturated heterocycles. The summed E-state index contributed by atoms with van der Waals surface area (Å²) in [6.45, 7) is 1.67. The predicted molar refractivity (Wildman–Crippen MR) is 55.0 cm³/mol. The summed E-state index contributed by atoms with van der Waals surface area (Å²) >= 11 is 15.7. The van der Waals surface area contributed by atoms with Gasteiger partial charge in [-0.25, -0.2) is 14.9 Å². The molecule has 9 heteroatoms. The van der Waals surface area contributed by atoms with Crippen molar-refractivity contribution in [2.75, 3.05) is 6.61 Å². The van der Waals surface area contributed by atoms with E-state index in [1.54, 1.807) is 12.2 Å². The first-order valence-electron chi connectivity index (χ1n) is 3.76. The summed E-state index contributed by atoms with van der Waals surface area (Å²) in [7, 11) is 0. The van der Waals surface area contributed by atoms with Gasteiger partial charge in [-0.3, -0.25) is 0 Å². The van der Waals surface area contributed by atoms with Crippen molar-refractivity contribution in [2.24, 2.45) is 0 Å². The molecule has 0 radical (unpaired) electrons. The number of rotatable bonds is 2. The van der Waals surface area contributed by atoms with Gasteiger partial charge in [0, 0.05) is 0 Å². The maximum absolute atomic E-state index is 10.9. The highest BCUT2D eigenvalue weighted by Gasteiger charge is 2.32. The number of hydrogen-bond donors (Lipinski definition) is 3. The lowest BCUT2D eigenvalue weighted by Gasteiger charge is -2.19. The van der Waals surface area contributed by atoms with Crippen molar-refractivity contribution < 1.29 is 19.4 Å². The second-order valence-electron chi connectivity index (χ2n) is 2.26. The second-order valence-corrected chi connectivity index (χ2v) is 4.63. The van der Waals surface area contributed by atoms with E-state index in [0.717, 1.165) is 0 Å². The molecule has 1 unspecified atom stereocenters. The Morgan fingerprint density at radius 2 is 2.00 bits per heavy atom. The van der Waals surface area contributed by atoms with Crippen LogP contribution in [0.3, 0.4) is 0 Å². The molecule has 15 heavy (non-hydrogen) atoms. The molecule has 0 aromatic heterocycles. The molecule has 3 N–H and O–H groups in total. The zero-order valence-electron chi connectivity index (χ0n) is 7.59. The Morgan fingerprint density at radius 3 is 2.40 bits per heavy atom. The molecule has 0 heterocycles. The lowest BCUT2D eigenvalue weighted by molar-refractivity contribution is 0.135. The minimum atomic E-state index is -2.08. The number of imide groups is 1. The van der Waals surface area contributed by atoms with Crippen LogP contribution in [0.1, 0.15) is 6.92 Å². The highest BCUT2D eigenvalue weighted by molar-refractivity contribution is 6.68. The van der Waals surface area contributed by atoms with Crippen LogP contribution in [0, 0.1) is 0 Å². The van der Waals surface area contributed by atoms with Crippen LogP contribution in [-0.2, 0) is 4.74 Å².